The van der Waals surface area contributed by atoms with Crippen LogP contribution in [0.1, 0.15) is 16.2 Å². The largest absolute Gasteiger partial charge is 0.449 e. The Morgan fingerprint density at radius 3 is 2.65 bits per heavy atom. The van der Waals surface area contributed by atoms with Gasteiger partial charge in [-0.3, -0.25) is 4.79 Å². The van der Waals surface area contributed by atoms with Crippen LogP contribution in [0.5, 0.6) is 0 Å². The number of fused-ring (bicyclic) bond motifs is 1. The van der Waals surface area contributed by atoms with Crippen LogP contribution in [-0.2, 0) is 0 Å². The number of aryl methyl sites for hydroxylation is 1. The molecule has 2 heterocycles. The summed E-state index contributed by atoms with van der Waals surface area (Å²) in [5, 5.41) is 0. The van der Waals surface area contributed by atoms with E-state index >= 15 is 0 Å². The number of rotatable bonds is 2. The Morgan fingerprint density at radius 1 is 1.15 bits per heavy atom. The smallest absolute Gasteiger partial charge is 0.293 e. The van der Waals surface area contributed by atoms with E-state index in [0.29, 0.717) is 16.9 Å². The van der Waals surface area contributed by atoms with E-state index < -0.39 is 0 Å². The van der Waals surface area contributed by atoms with Gasteiger partial charge in [-0.05, 0) is 31.2 Å². The molecule has 0 unspecified atom stereocenters. The molecule has 0 bridgehead atoms. The van der Waals surface area contributed by atoms with Gasteiger partial charge in [0, 0.05) is 24.5 Å². The number of nitrogens with zero attached hydrogens (tertiary/aromatic N) is 2. The molecule has 4 nitrogen and oxygen atoms in total. The summed E-state index contributed by atoms with van der Waals surface area (Å²) in [4.78, 5) is 18.3. The Morgan fingerprint density at radius 2 is 1.90 bits per heavy atom. The number of pyridine rings is 1. The Kier molecular flexibility index (Phi) is 2.99. The SMILES string of the molecule is Cc1ccc2oc(C(=O)N(C)c3ccccc3)cc2n1. The van der Waals surface area contributed by atoms with Crippen molar-refractivity contribution in [3.8, 4) is 0 Å². The molecular weight excluding hydrogens is 252 g/mol. The van der Waals surface area contributed by atoms with E-state index in [1.807, 2.05) is 49.4 Å². The lowest BCUT2D eigenvalue weighted by molar-refractivity contribution is 0.0968. The number of benzene rings is 1. The molecule has 0 saturated heterocycles. The Hall–Kier alpha value is -2.62. The standard InChI is InChI=1S/C16H14N2O2/c1-11-8-9-14-13(17-11)10-15(20-14)16(19)18(2)12-6-4-3-5-7-12/h3-10H,1-2H3. The van der Waals surface area contributed by atoms with Crippen LogP contribution < -0.4 is 4.90 Å². The predicted octanol–water partition coefficient (Wildman–Crippen LogP) is 3.41. The first kappa shape index (κ1) is 12.4. The molecular formula is C16H14N2O2. The molecule has 0 atom stereocenters. The summed E-state index contributed by atoms with van der Waals surface area (Å²) in [5.74, 6) is 0.108. The van der Waals surface area contributed by atoms with Gasteiger partial charge in [-0.15, -0.1) is 0 Å². The van der Waals surface area contributed by atoms with E-state index in [2.05, 4.69) is 4.98 Å². The van der Waals surface area contributed by atoms with Crippen LogP contribution in [0.15, 0.2) is 52.9 Å². The zero-order chi connectivity index (χ0) is 14.1. The quantitative estimate of drug-likeness (QED) is 0.714. The van der Waals surface area contributed by atoms with Gasteiger partial charge in [0.25, 0.3) is 5.91 Å². The van der Waals surface area contributed by atoms with Crippen LogP contribution in [0.2, 0.25) is 0 Å². The molecule has 0 aliphatic carbocycles. The number of hydrogen-bond acceptors (Lipinski definition) is 3. The maximum absolute atomic E-state index is 12.4. The van der Waals surface area contributed by atoms with Crippen molar-refractivity contribution >= 4 is 22.7 Å². The van der Waals surface area contributed by atoms with E-state index in [9.17, 15) is 4.79 Å². The molecule has 0 spiro atoms. The molecule has 3 rings (SSSR count). The van der Waals surface area contributed by atoms with Gasteiger partial charge < -0.3 is 9.32 Å². The lowest BCUT2D eigenvalue weighted by Gasteiger charge is -2.15. The number of anilines is 1. The summed E-state index contributed by atoms with van der Waals surface area (Å²) >= 11 is 0. The second kappa shape index (κ2) is 4.81. The van der Waals surface area contributed by atoms with Crippen molar-refractivity contribution in [3.05, 3.63) is 60.0 Å². The third kappa shape index (κ3) is 2.16. The van der Waals surface area contributed by atoms with Gasteiger partial charge >= 0.3 is 0 Å². The van der Waals surface area contributed by atoms with Crippen molar-refractivity contribution in [3.63, 3.8) is 0 Å². The fourth-order valence-electron chi connectivity index (χ4n) is 2.07. The van der Waals surface area contributed by atoms with Gasteiger partial charge in [0.05, 0.1) is 0 Å². The fourth-order valence-corrected chi connectivity index (χ4v) is 2.07. The van der Waals surface area contributed by atoms with Crippen LogP contribution in [0, 0.1) is 6.92 Å². The molecule has 0 fully saturated rings. The minimum absolute atomic E-state index is 0.188. The van der Waals surface area contributed by atoms with Gasteiger partial charge in [0.2, 0.25) is 0 Å². The first-order valence-electron chi connectivity index (χ1n) is 6.35. The van der Waals surface area contributed by atoms with E-state index in [1.54, 1.807) is 18.0 Å². The van der Waals surface area contributed by atoms with E-state index in [0.717, 1.165) is 11.4 Å². The van der Waals surface area contributed by atoms with Crippen molar-refractivity contribution in [1.82, 2.24) is 4.98 Å². The first-order valence-corrected chi connectivity index (χ1v) is 6.35. The van der Waals surface area contributed by atoms with E-state index in [1.165, 1.54) is 0 Å². The zero-order valence-electron chi connectivity index (χ0n) is 11.3. The maximum atomic E-state index is 12.4. The highest BCUT2D eigenvalue weighted by Gasteiger charge is 2.18. The van der Waals surface area contributed by atoms with Crippen LogP contribution >= 0.6 is 0 Å². The summed E-state index contributed by atoms with van der Waals surface area (Å²) in [7, 11) is 1.73. The molecule has 1 amide bonds. The Balaban J connectivity index is 1.96. The molecule has 0 saturated carbocycles. The van der Waals surface area contributed by atoms with Gasteiger partial charge in [0.15, 0.2) is 11.3 Å². The molecule has 4 heteroatoms. The number of carbonyl (C=O) groups excluding carboxylic acids is 1. The molecule has 2 aromatic heterocycles. The molecule has 0 radical (unpaired) electrons. The van der Waals surface area contributed by atoms with Gasteiger partial charge in [0.1, 0.15) is 5.52 Å². The predicted molar refractivity (Wildman–Crippen MR) is 77.9 cm³/mol. The highest BCUT2D eigenvalue weighted by Crippen LogP contribution is 2.21. The number of para-hydroxylation sites is 1. The molecule has 0 aliphatic heterocycles. The van der Waals surface area contributed by atoms with Gasteiger partial charge in [-0.25, -0.2) is 4.98 Å². The third-order valence-corrected chi connectivity index (χ3v) is 3.17. The second-order valence-electron chi connectivity index (χ2n) is 4.65. The highest BCUT2D eigenvalue weighted by atomic mass is 16.3. The summed E-state index contributed by atoms with van der Waals surface area (Å²) < 4.78 is 5.57. The van der Waals surface area contributed by atoms with Crippen molar-refractivity contribution in [1.29, 1.82) is 0 Å². The monoisotopic (exact) mass is 266 g/mol. The summed E-state index contributed by atoms with van der Waals surface area (Å²) in [5.41, 5.74) is 3.05. The lowest BCUT2D eigenvalue weighted by atomic mass is 10.3. The summed E-state index contributed by atoms with van der Waals surface area (Å²) in [6, 6.07) is 14.8. The highest BCUT2D eigenvalue weighted by molar-refractivity contribution is 6.05. The van der Waals surface area contributed by atoms with Crippen molar-refractivity contribution in [2.24, 2.45) is 0 Å². The molecule has 3 aromatic rings. The minimum atomic E-state index is -0.188. The topological polar surface area (TPSA) is 46.3 Å². The first-order chi connectivity index (χ1) is 9.65. The van der Waals surface area contributed by atoms with Crippen molar-refractivity contribution < 1.29 is 9.21 Å². The van der Waals surface area contributed by atoms with Crippen molar-refractivity contribution in [2.75, 3.05) is 11.9 Å². The maximum Gasteiger partial charge on any atom is 0.293 e. The van der Waals surface area contributed by atoms with Crippen LogP contribution in [0.3, 0.4) is 0 Å². The fraction of sp³-hybridized carbons (Fsp3) is 0.125. The average molecular weight is 266 g/mol. The summed E-state index contributed by atoms with van der Waals surface area (Å²) in [6.07, 6.45) is 0. The van der Waals surface area contributed by atoms with E-state index in [4.69, 9.17) is 4.42 Å². The zero-order valence-corrected chi connectivity index (χ0v) is 11.3. The van der Waals surface area contributed by atoms with E-state index in [-0.39, 0.29) is 5.91 Å². The molecule has 0 aliphatic rings. The Labute approximate surface area is 116 Å². The molecule has 100 valence electrons. The second-order valence-corrected chi connectivity index (χ2v) is 4.65. The minimum Gasteiger partial charge on any atom is -0.449 e. The molecule has 1 aromatic carbocycles. The summed E-state index contributed by atoms with van der Waals surface area (Å²) in [6.45, 7) is 1.91. The Bertz CT molecular complexity index is 763. The number of carbonyl (C=O) groups is 1. The number of amides is 1. The molecule has 0 N–H and O–H groups in total. The van der Waals surface area contributed by atoms with Crippen LogP contribution in [0.25, 0.3) is 11.1 Å². The van der Waals surface area contributed by atoms with Gasteiger partial charge in [-0.1, -0.05) is 18.2 Å². The number of hydrogen-bond donors (Lipinski definition) is 0. The van der Waals surface area contributed by atoms with Crippen molar-refractivity contribution in [2.45, 2.75) is 6.92 Å². The van der Waals surface area contributed by atoms with Crippen LogP contribution in [-0.4, -0.2) is 17.9 Å². The molecule has 20 heavy (non-hydrogen) atoms. The normalized spacial score (nSPS) is 10.7. The average Bonchev–Trinajstić information content (AvgIpc) is 2.89. The number of furan rings is 1. The number of aromatic nitrogens is 1. The van der Waals surface area contributed by atoms with Crippen LogP contribution in [0.4, 0.5) is 5.69 Å². The third-order valence-electron chi connectivity index (χ3n) is 3.17. The lowest BCUT2D eigenvalue weighted by Crippen LogP contribution is -2.25. The van der Waals surface area contributed by atoms with Gasteiger partial charge in [-0.2, -0.15) is 0 Å².